The van der Waals surface area contributed by atoms with Crippen LogP contribution < -0.4 is 4.90 Å². The minimum Gasteiger partial charge on any atom is -0.294 e. The van der Waals surface area contributed by atoms with Gasteiger partial charge >= 0.3 is 0 Å². The van der Waals surface area contributed by atoms with E-state index in [0.29, 0.717) is 30.5 Å². The number of carbonyl (C=O) groups is 2. The molecule has 0 radical (unpaired) electrons. The Bertz CT molecular complexity index is 1080. The second kappa shape index (κ2) is 7.40. The van der Waals surface area contributed by atoms with Gasteiger partial charge in [-0.3, -0.25) is 24.6 Å². The number of hydrogen-bond acceptors (Lipinski definition) is 4. The lowest BCUT2D eigenvalue weighted by Gasteiger charge is -2.38. The van der Waals surface area contributed by atoms with Crippen LogP contribution >= 0.6 is 11.6 Å². The predicted molar refractivity (Wildman–Crippen MR) is 105 cm³/mol. The van der Waals surface area contributed by atoms with Crippen LogP contribution in [0.5, 0.6) is 0 Å². The number of nitro benzene ring substituents is 1. The van der Waals surface area contributed by atoms with Gasteiger partial charge in [-0.1, -0.05) is 29.8 Å². The second-order valence-electron chi connectivity index (χ2n) is 7.03. The molecular formula is C21H16ClFN2O4. The highest BCUT2D eigenvalue weighted by Gasteiger charge is 2.42. The van der Waals surface area contributed by atoms with Gasteiger partial charge in [0, 0.05) is 41.1 Å². The van der Waals surface area contributed by atoms with Gasteiger partial charge < -0.3 is 0 Å². The maximum atomic E-state index is 14.5. The zero-order valence-corrected chi connectivity index (χ0v) is 16.0. The molecule has 1 heterocycles. The number of nitro groups is 1. The van der Waals surface area contributed by atoms with Crippen molar-refractivity contribution in [1.82, 2.24) is 0 Å². The van der Waals surface area contributed by atoms with Crippen LogP contribution in [-0.2, 0) is 9.59 Å². The summed E-state index contributed by atoms with van der Waals surface area (Å²) in [6, 6.07) is 10.0. The zero-order chi connectivity index (χ0) is 20.7. The SMILES string of the molecule is O=C1CCCC2=C1C(c1ccccc1F)CC(=O)N2c1cc(Cl)ccc1[N+](=O)[O-]. The summed E-state index contributed by atoms with van der Waals surface area (Å²) in [6.45, 7) is 0. The molecule has 4 rings (SSSR count). The van der Waals surface area contributed by atoms with E-state index in [1.165, 1.54) is 29.2 Å². The maximum absolute atomic E-state index is 14.5. The number of halogens is 2. The summed E-state index contributed by atoms with van der Waals surface area (Å²) in [4.78, 5) is 38.1. The van der Waals surface area contributed by atoms with Crippen molar-refractivity contribution in [3.05, 3.63) is 80.3 Å². The molecule has 2 aromatic carbocycles. The highest BCUT2D eigenvalue weighted by atomic mass is 35.5. The molecule has 148 valence electrons. The quantitative estimate of drug-likeness (QED) is 0.527. The Morgan fingerprint density at radius 3 is 2.62 bits per heavy atom. The molecule has 0 aromatic heterocycles. The lowest BCUT2D eigenvalue weighted by molar-refractivity contribution is -0.384. The molecule has 1 atom stereocenters. The van der Waals surface area contributed by atoms with E-state index in [-0.39, 0.29) is 34.2 Å². The van der Waals surface area contributed by atoms with E-state index in [1.54, 1.807) is 18.2 Å². The van der Waals surface area contributed by atoms with Gasteiger partial charge in [-0.15, -0.1) is 0 Å². The first-order chi connectivity index (χ1) is 13.9. The molecule has 8 heteroatoms. The lowest BCUT2D eigenvalue weighted by atomic mass is 9.77. The molecule has 6 nitrogen and oxygen atoms in total. The molecule has 1 aliphatic heterocycles. The lowest BCUT2D eigenvalue weighted by Crippen LogP contribution is -2.41. The fraction of sp³-hybridized carbons (Fsp3) is 0.238. The van der Waals surface area contributed by atoms with E-state index < -0.39 is 22.6 Å². The molecule has 1 amide bonds. The van der Waals surface area contributed by atoms with E-state index in [1.807, 2.05) is 0 Å². The summed E-state index contributed by atoms with van der Waals surface area (Å²) in [7, 11) is 0. The Labute approximate surface area is 170 Å². The summed E-state index contributed by atoms with van der Waals surface area (Å²) in [6.07, 6.45) is 1.04. The third-order valence-electron chi connectivity index (χ3n) is 5.33. The van der Waals surface area contributed by atoms with E-state index in [2.05, 4.69) is 0 Å². The number of ketones is 1. The van der Waals surface area contributed by atoms with Gasteiger partial charge in [-0.25, -0.2) is 4.39 Å². The van der Waals surface area contributed by atoms with Crippen LogP contribution in [0.25, 0.3) is 0 Å². The maximum Gasteiger partial charge on any atom is 0.293 e. The number of nitrogens with zero attached hydrogens (tertiary/aromatic N) is 2. The van der Waals surface area contributed by atoms with Crippen molar-refractivity contribution in [2.45, 2.75) is 31.6 Å². The molecule has 2 aliphatic rings. The molecule has 0 bridgehead atoms. The van der Waals surface area contributed by atoms with Gasteiger partial charge in [0.25, 0.3) is 5.69 Å². The first-order valence-electron chi connectivity index (χ1n) is 9.16. The number of anilines is 1. The summed E-state index contributed by atoms with van der Waals surface area (Å²) < 4.78 is 14.5. The van der Waals surface area contributed by atoms with Crippen molar-refractivity contribution in [2.24, 2.45) is 0 Å². The largest absolute Gasteiger partial charge is 0.294 e. The Morgan fingerprint density at radius 1 is 1.14 bits per heavy atom. The number of Topliss-reactive ketones (excluding diaryl/α,β-unsaturated/α-hetero) is 1. The fourth-order valence-corrected chi connectivity index (χ4v) is 4.29. The third-order valence-corrected chi connectivity index (χ3v) is 5.57. The minimum absolute atomic E-state index is 0.0293. The fourth-order valence-electron chi connectivity index (χ4n) is 4.13. The second-order valence-corrected chi connectivity index (χ2v) is 7.47. The Balaban J connectivity index is 1.94. The van der Waals surface area contributed by atoms with Crippen LogP contribution in [0.4, 0.5) is 15.8 Å². The molecule has 0 saturated heterocycles. The first kappa shape index (κ1) is 19.3. The molecule has 0 spiro atoms. The van der Waals surface area contributed by atoms with Gasteiger partial charge in [-0.05, 0) is 36.6 Å². The van der Waals surface area contributed by atoms with Crippen molar-refractivity contribution >= 4 is 34.7 Å². The van der Waals surface area contributed by atoms with Gasteiger partial charge in [0.2, 0.25) is 5.91 Å². The van der Waals surface area contributed by atoms with Crippen LogP contribution in [0.2, 0.25) is 5.02 Å². The van der Waals surface area contributed by atoms with Gasteiger partial charge in [0.15, 0.2) is 5.78 Å². The van der Waals surface area contributed by atoms with Crippen molar-refractivity contribution in [2.75, 3.05) is 4.90 Å². The van der Waals surface area contributed by atoms with Crippen LogP contribution in [0.3, 0.4) is 0 Å². The highest BCUT2D eigenvalue weighted by Crippen LogP contribution is 2.46. The van der Waals surface area contributed by atoms with Gasteiger partial charge in [-0.2, -0.15) is 0 Å². The number of carbonyl (C=O) groups excluding carboxylic acids is 2. The average molecular weight is 415 g/mol. The van der Waals surface area contributed by atoms with Crippen LogP contribution in [0.15, 0.2) is 53.7 Å². The molecule has 1 unspecified atom stereocenters. The number of allylic oxidation sites excluding steroid dienone is 2. The normalized spacial score (nSPS) is 19.4. The van der Waals surface area contributed by atoms with Gasteiger partial charge in [0.05, 0.1) is 4.92 Å². The molecule has 0 saturated carbocycles. The van der Waals surface area contributed by atoms with Crippen molar-refractivity contribution in [3.8, 4) is 0 Å². The summed E-state index contributed by atoms with van der Waals surface area (Å²) in [5, 5.41) is 11.8. The highest BCUT2D eigenvalue weighted by molar-refractivity contribution is 6.31. The third kappa shape index (κ3) is 3.31. The molecule has 2 aromatic rings. The Kier molecular flexibility index (Phi) is 4.92. The summed E-state index contributed by atoms with van der Waals surface area (Å²) in [5.74, 6) is -1.79. The van der Waals surface area contributed by atoms with Crippen LogP contribution in [0, 0.1) is 15.9 Å². The van der Waals surface area contributed by atoms with Crippen LogP contribution in [0.1, 0.15) is 37.2 Å². The zero-order valence-electron chi connectivity index (χ0n) is 15.2. The molecule has 1 aliphatic carbocycles. The number of benzene rings is 2. The summed E-state index contributed by atoms with van der Waals surface area (Å²) >= 11 is 6.04. The molecular weight excluding hydrogens is 399 g/mol. The van der Waals surface area contributed by atoms with E-state index >= 15 is 0 Å². The van der Waals surface area contributed by atoms with Gasteiger partial charge in [0.1, 0.15) is 11.5 Å². The molecule has 29 heavy (non-hydrogen) atoms. The Hall–Kier alpha value is -3.06. The van der Waals surface area contributed by atoms with Crippen molar-refractivity contribution in [3.63, 3.8) is 0 Å². The van der Waals surface area contributed by atoms with E-state index in [9.17, 15) is 24.1 Å². The smallest absolute Gasteiger partial charge is 0.293 e. The molecule has 0 N–H and O–H groups in total. The first-order valence-corrected chi connectivity index (χ1v) is 9.54. The average Bonchev–Trinajstić information content (AvgIpc) is 2.67. The minimum atomic E-state index is -0.707. The Morgan fingerprint density at radius 2 is 1.90 bits per heavy atom. The summed E-state index contributed by atoms with van der Waals surface area (Å²) in [5.41, 5.74) is 0.786. The van der Waals surface area contributed by atoms with E-state index in [0.717, 1.165) is 0 Å². The van der Waals surface area contributed by atoms with Crippen LogP contribution in [-0.4, -0.2) is 16.6 Å². The number of rotatable bonds is 3. The molecule has 0 fully saturated rings. The van der Waals surface area contributed by atoms with Crippen molar-refractivity contribution in [1.29, 1.82) is 0 Å². The topological polar surface area (TPSA) is 80.5 Å². The standard InChI is InChI=1S/C21H16ClFN2O4/c22-12-8-9-16(25(28)29)18(10-12)24-17-6-3-7-19(26)21(17)14(11-20(24)27)13-4-1-2-5-15(13)23/h1-2,4-5,8-10,14H,3,6-7,11H2. The van der Waals surface area contributed by atoms with Crippen molar-refractivity contribution < 1.29 is 18.9 Å². The predicted octanol–water partition coefficient (Wildman–Crippen LogP) is 4.91. The number of amides is 1. The number of hydrogen-bond donors (Lipinski definition) is 0. The van der Waals surface area contributed by atoms with E-state index in [4.69, 9.17) is 11.6 Å². The monoisotopic (exact) mass is 414 g/mol.